The minimum atomic E-state index is -0.829. The van der Waals surface area contributed by atoms with Gasteiger partial charge in [0.2, 0.25) is 0 Å². The molecule has 1 aliphatic rings. The third-order valence-electron chi connectivity index (χ3n) is 3.45. The summed E-state index contributed by atoms with van der Waals surface area (Å²) in [5.41, 5.74) is -0.677. The molecule has 124 valence electrons. The van der Waals surface area contributed by atoms with Crippen LogP contribution in [0.3, 0.4) is 0 Å². The van der Waals surface area contributed by atoms with Crippen LogP contribution >= 0.6 is 0 Å². The van der Waals surface area contributed by atoms with Crippen molar-refractivity contribution < 1.29 is 24.0 Å². The van der Waals surface area contributed by atoms with Gasteiger partial charge in [-0.1, -0.05) is 0 Å². The fraction of sp³-hybridized carbons (Fsp3) is 0.429. The molecule has 0 bridgehead atoms. The number of ether oxygens (including phenoxy) is 2. The van der Waals surface area contributed by atoms with Crippen molar-refractivity contribution in [3.63, 3.8) is 0 Å². The Hall–Kier alpha value is -2.52. The zero-order valence-electron chi connectivity index (χ0n) is 12.8. The van der Waals surface area contributed by atoms with E-state index in [0.29, 0.717) is 13.1 Å². The van der Waals surface area contributed by atoms with Gasteiger partial charge in [-0.15, -0.1) is 0 Å². The number of methoxy groups -OCH3 is 1. The first-order valence-corrected chi connectivity index (χ1v) is 6.92. The molecule has 0 saturated carbocycles. The first kappa shape index (κ1) is 16.8. The third kappa shape index (κ3) is 4.02. The maximum atomic E-state index is 12.1. The summed E-state index contributed by atoms with van der Waals surface area (Å²) in [6, 6.07) is 3.06. The summed E-state index contributed by atoms with van der Waals surface area (Å²) >= 11 is 0. The molecule has 0 aromatic heterocycles. The van der Waals surface area contributed by atoms with E-state index in [4.69, 9.17) is 4.74 Å². The summed E-state index contributed by atoms with van der Waals surface area (Å²) in [7, 11) is 3.02. The smallest absolute Gasteiger partial charge is 0.344 e. The number of likely N-dealkylation sites (N-methyl/N-ethyl adjacent to an activating group) is 1. The molecular formula is C14H17N3O6. The van der Waals surface area contributed by atoms with E-state index in [1.165, 1.54) is 12.1 Å². The zero-order valence-corrected chi connectivity index (χ0v) is 12.8. The number of nitrogens with one attached hydrogen (secondary N) is 1. The van der Waals surface area contributed by atoms with Crippen molar-refractivity contribution in [2.75, 3.05) is 33.8 Å². The zero-order chi connectivity index (χ0) is 17.0. The van der Waals surface area contributed by atoms with Crippen LogP contribution in [-0.2, 0) is 9.53 Å². The predicted molar refractivity (Wildman–Crippen MR) is 79.4 cm³/mol. The van der Waals surface area contributed by atoms with E-state index in [2.05, 4.69) is 10.1 Å². The first-order valence-electron chi connectivity index (χ1n) is 6.92. The molecule has 0 spiro atoms. The SMILES string of the molecule is COC(=O)c1ccc(OC(=O)C2CN(C)CCN2)cc1[N+](=O)[O-]. The van der Waals surface area contributed by atoms with Crippen LogP contribution in [-0.4, -0.2) is 61.6 Å². The lowest BCUT2D eigenvalue weighted by atomic mass is 10.1. The Morgan fingerprint density at radius 2 is 2.17 bits per heavy atom. The molecular weight excluding hydrogens is 306 g/mol. The van der Waals surface area contributed by atoms with Crippen LogP contribution in [0.5, 0.6) is 5.75 Å². The second-order valence-corrected chi connectivity index (χ2v) is 5.12. The van der Waals surface area contributed by atoms with Crippen molar-refractivity contribution in [1.82, 2.24) is 10.2 Å². The fourth-order valence-corrected chi connectivity index (χ4v) is 2.25. The number of hydrogen-bond donors (Lipinski definition) is 1. The number of rotatable bonds is 4. The summed E-state index contributed by atoms with van der Waals surface area (Å²) in [6.07, 6.45) is 0. The van der Waals surface area contributed by atoms with Gasteiger partial charge in [0.05, 0.1) is 18.1 Å². The van der Waals surface area contributed by atoms with E-state index in [1.807, 2.05) is 11.9 Å². The van der Waals surface area contributed by atoms with Gasteiger partial charge in [-0.05, 0) is 19.2 Å². The van der Waals surface area contributed by atoms with Crippen molar-refractivity contribution in [2.45, 2.75) is 6.04 Å². The molecule has 1 aromatic carbocycles. The summed E-state index contributed by atoms with van der Waals surface area (Å²) in [5, 5.41) is 14.1. The van der Waals surface area contributed by atoms with Crippen molar-refractivity contribution >= 4 is 17.6 Å². The third-order valence-corrected chi connectivity index (χ3v) is 3.45. The highest BCUT2D eigenvalue weighted by Crippen LogP contribution is 2.25. The van der Waals surface area contributed by atoms with Crippen LogP contribution in [0, 0.1) is 10.1 Å². The number of nitro groups is 1. The van der Waals surface area contributed by atoms with Crippen molar-refractivity contribution in [1.29, 1.82) is 0 Å². The van der Waals surface area contributed by atoms with Crippen LogP contribution in [0.4, 0.5) is 5.69 Å². The normalized spacial score (nSPS) is 18.3. The predicted octanol–water partition coefficient (Wildman–Crippen LogP) is 0.190. The lowest BCUT2D eigenvalue weighted by Crippen LogP contribution is -2.54. The fourth-order valence-electron chi connectivity index (χ4n) is 2.25. The molecule has 1 N–H and O–H groups in total. The lowest BCUT2D eigenvalue weighted by molar-refractivity contribution is -0.385. The minimum absolute atomic E-state index is 0.00406. The molecule has 9 nitrogen and oxygen atoms in total. The van der Waals surface area contributed by atoms with E-state index >= 15 is 0 Å². The van der Waals surface area contributed by atoms with Crippen LogP contribution in [0.2, 0.25) is 0 Å². The van der Waals surface area contributed by atoms with E-state index in [-0.39, 0.29) is 11.3 Å². The van der Waals surface area contributed by atoms with Crippen LogP contribution in [0.15, 0.2) is 18.2 Å². The molecule has 1 fully saturated rings. The van der Waals surface area contributed by atoms with Gasteiger partial charge in [-0.3, -0.25) is 10.1 Å². The molecule has 1 aliphatic heterocycles. The Morgan fingerprint density at radius 3 is 2.78 bits per heavy atom. The molecule has 1 aromatic rings. The summed E-state index contributed by atoms with van der Waals surface area (Å²) in [5.74, 6) is -1.36. The van der Waals surface area contributed by atoms with E-state index in [0.717, 1.165) is 19.7 Å². The van der Waals surface area contributed by atoms with Crippen molar-refractivity contribution in [3.05, 3.63) is 33.9 Å². The Morgan fingerprint density at radius 1 is 1.43 bits per heavy atom. The van der Waals surface area contributed by atoms with Crippen LogP contribution in [0.25, 0.3) is 0 Å². The maximum Gasteiger partial charge on any atom is 0.344 e. The molecule has 1 atom stereocenters. The minimum Gasteiger partial charge on any atom is -0.465 e. The lowest BCUT2D eigenvalue weighted by Gasteiger charge is -2.29. The number of benzene rings is 1. The van der Waals surface area contributed by atoms with Gasteiger partial charge in [0, 0.05) is 19.6 Å². The summed E-state index contributed by atoms with van der Waals surface area (Å²) in [6.45, 7) is 1.96. The van der Waals surface area contributed by atoms with Crippen LogP contribution in [0.1, 0.15) is 10.4 Å². The largest absolute Gasteiger partial charge is 0.465 e. The van der Waals surface area contributed by atoms with Gasteiger partial charge in [0.25, 0.3) is 5.69 Å². The van der Waals surface area contributed by atoms with Gasteiger partial charge in [0.15, 0.2) is 0 Å². The molecule has 1 heterocycles. The molecule has 1 unspecified atom stereocenters. The van der Waals surface area contributed by atoms with Gasteiger partial charge in [-0.25, -0.2) is 9.59 Å². The Labute approximate surface area is 132 Å². The van der Waals surface area contributed by atoms with Gasteiger partial charge >= 0.3 is 11.9 Å². The second kappa shape index (κ2) is 7.16. The number of carbonyl (C=O) groups excluding carboxylic acids is 2. The number of nitrogens with zero attached hydrogens (tertiary/aromatic N) is 2. The molecule has 2 rings (SSSR count). The molecule has 23 heavy (non-hydrogen) atoms. The summed E-state index contributed by atoms with van der Waals surface area (Å²) < 4.78 is 9.67. The van der Waals surface area contributed by atoms with Crippen LogP contribution < -0.4 is 10.1 Å². The highest BCUT2D eigenvalue weighted by atomic mass is 16.6. The number of carbonyl (C=O) groups is 2. The topological polar surface area (TPSA) is 111 Å². The van der Waals surface area contributed by atoms with E-state index < -0.39 is 28.6 Å². The van der Waals surface area contributed by atoms with Gasteiger partial charge < -0.3 is 19.7 Å². The molecule has 9 heteroatoms. The Kier molecular flexibility index (Phi) is 5.24. The molecule has 0 amide bonds. The summed E-state index contributed by atoms with van der Waals surface area (Å²) in [4.78, 5) is 35.9. The molecule has 1 saturated heterocycles. The standard InChI is InChI=1S/C14H17N3O6/c1-16-6-5-15-11(8-16)14(19)23-9-3-4-10(13(18)22-2)12(7-9)17(20)21/h3-4,7,11,15H,5-6,8H2,1-2H3. The quantitative estimate of drug-likeness (QED) is 0.362. The van der Waals surface area contributed by atoms with Gasteiger partial charge in [-0.2, -0.15) is 0 Å². The van der Waals surface area contributed by atoms with E-state index in [1.54, 1.807) is 0 Å². The number of hydrogen-bond acceptors (Lipinski definition) is 8. The number of esters is 2. The van der Waals surface area contributed by atoms with Gasteiger partial charge in [0.1, 0.15) is 17.4 Å². The maximum absolute atomic E-state index is 12.1. The number of piperazine rings is 1. The number of nitro benzene ring substituents is 1. The van der Waals surface area contributed by atoms with E-state index in [9.17, 15) is 19.7 Å². The monoisotopic (exact) mass is 323 g/mol. The average molecular weight is 323 g/mol. The Bertz CT molecular complexity index is 633. The highest BCUT2D eigenvalue weighted by Gasteiger charge is 2.27. The van der Waals surface area contributed by atoms with Crippen molar-refractivity contribution in [2.24, 2.45) is 0 Å². The van der Waals surface area contributed by atoms with Crippen molar-refractivity contribution in [3.8, 4) is 5.75 Å². The average Bonchev–Trinajstić information content (AvgIpc) is 2.54. The molecule has 0 aliphatic carbocycles. The highest BCUT2D eigenvalue weighted by molar-refractivity contribution is 5.94. The Balaban J connectivity index is 2.17. The molecule has 0 radical (unpaired) electrons. The first-order chi connectivity index (χ1) is 10.9. The second-order valence-electron chi connectivity index (χ2n) is 5.12.